The highest BCUT2D eigenvalue weighted by molar-refractivity contribution is 5.80. The van der Waals surface area contributed by atoms with Crippen LogP contribution in [0.3, 0.4) is 0 Å². The number of benzene rings is 1. The van der Waals surface area contributed by atoms with Gasteiger partial charge in [-0.1, -0.05) is 43.5 Å². The Kier molecular flexibility index (Phi) is 8.43. The number of fused-ring (bicyclic) bond motifs is 1. The van der Waals surface area contributed by atoms with Gasteiger partial charge in [-0.15, -0.1) is 0 Å². The van der Waals surface area contributed by atoms with Crippen LogP contribution in [-0.4, -0.2) is 67.0 Å². The van der Waals surface area contributed by atoms with Gasteiger partial charge in [-0.25, -0.2) is 0 Å². The first-order chi connectivity index (χ1) is 15.7. The quantitative estimate of drug-likeness (QED) is 0.406. The lowest BCUT2D eigenvalue weighted by Crippen LogP contribution is -2.53. The summed E-state index contributed by atoms with van der Waals surface area (Å²) in [5.74, 6) is 1.14. The number of guanidine groups is 1. The van der Waals surface area contributed by atoms with Gasteiger partial charge in [-0.2, -0.15) is 0 Å². The fourth-order valence-corrected chi connectivity index (χ4v) is 5.60. The van der Waals surface area contributed by atoms with Crippen LogP contribution >= 0.6 is 0 Å². The molecule has 0 spiro atoms. The van der Waals surface area contributed by atoms with Gasteiger partial charge in [0, 0.05) is 51.7 Å². The average Bonchev–Trinajstić information content (AvgIpc) is 2.86. The molecular formula is C26H41N5O. The van der Waals surface area contributed by atoms with E-state index >= 15 is 0 Å². The number of amides is 1. The van der Waals surface area contributed by atoms with Crippen molar-refractivity contribution in [1.82, 2.24) is 20.4 Å². The largest absolute Gasteiger partial charge is 0.356 e. The molecule has 0 aromatic heterocycles. The van der Waals surface area contributed by atoms with E-state index in [1.54, 1.807) is 0 Å². The lowest BCUT2D eigenvalue weighted by molar-refractivity contribution is -0.132. The number of carbonyl (C=O) groups excluding carboxylic acids is 1. The van der Waals surface area contributed by atoms with E-state index in [1.165, 1.54) is 62.6 Å². The first-order valence-corrected chi connectivity index (χ1v) is 12.8. The summed E-state index contributed by atoms with van der Waals surface area (Å²) in [7, 11) is 1.84. The molecule has 2 N–H and O–H groups in total. The van der Waals surface area contributed by atoms with Gasteiger partial charge >= 0.3 is 0 Å². The number of piperidine rings is 1. The van der Waals surface area contributed by atoms with Crippen molar-refractivity contribution >= 4 is 11.9 Å². The molecule has 1 atom stereocenters. The lowest BCUT2D eigenvalue weighted by atomic mass is 9.92. The van der Waals surface area contributed by atoms with E-state index in [4.69, 9.17) is 0 Å². The highest BCUT2D eigenvalue weighted by Gasteiger charge is 2.27. The molecule has 1 aromatic carbocycles. The molecule has 4 rings (SSSR count). The topological polar surface area (TPSA) is 60.0 Å². The summed E-state index contributed by atoms with van der Waals surface area (Å²) in [5, 5.41) is 7.07. The van der Waals surface area contributed by atoms with Crippen molar-refractivity contribution < 1.29 is 4.79 Å². The number of nitrogens with one attached hydrogen (secondary N) is 2. The average molecular weight is 440 g/mol. The standard InChI is InChI=1S/C26H41N5O/c1-27-26(29-23-11-8-17-30(20-23)24-12-3-2-4-13-24)28-16-7-14-25(32)31-18-15-21-9-5-6-10-22(21)19-31/h5-6,9-10,23-24H,2-4,7-8,11-20H2,1H3,(H2,27,28,29). The summed E-state index contributed by atoms with van der Waals surface area (Å²) in [5.41, 5.74) is 2.68. The summed E-state index contributed by atoms with van der Waals surface area (Å²) in [6, 6.07) is 9.73. The maximum Gasteiger partial charge on any atom is 0.222 e. The molecule has 1 saturated carbocycles. The van der Waals surface area contributed by atoms with Crippen molar-refractivity contribution in [2.24, 2.45) is 4.99 Å². The third-order valence-electron chi connectivity index (χ3n) is 7.45. The fraction of sp³-hybridized carbons (Fsp3) is 0.692. The Labute approximate surface area is 193 Å². The predicted molar refractivity (Wildman–Crippen MR) is 131 cm³/mol. The Hall–Kier alpha value is -2.08. The van der Waals surface area contributed by atoms with Gasteiger partial charge in [0.25, 0.3) is 0 Å². The Morgan fingerprint density at radius 3 is 2.69 bits per heavy atom. The molecule has 1 aromatic rings. The SMILES string of the molecule is CN=C(NCCCC(=O)N1CCc2ccccc2C1)NC1CCCN(C2CCCCC2)C1. The zero-order valence-corrected chi connectivity index (χ0v) is 19.8. The highest BCUT2D eigenvalue weighted by atomic mass is 16.2. The van der Waals surface area contributed by atoms with Crippen LogP contribution in [0.1, 0.15) is 68.9 Å². The zero-order valence-electron chi connectivity index (χ0n) is 19.8. The molecule has 2 heterocycles. The predicted octanol–water partition coefficient (Wildman–Crippen LogP) is 3.31. The van der Waals surface area contributed by atoms with Crippen LogP contribution in [0.25, 0.3) is 0 Å². The van der Waals surface area contributed by atoms with Crippen molar-refractivity contribution in [2.45, 2.75) is 82.8 Å². The molecule has 3 aliphatic rings. The molecular weight excluding hydrogens is 398 g/mol. The molecule has 6 nitrogen and oxygen atoms in total. The summed E-state index contributed by atoms with van der Waals surface area (Å²) < 4.78 is 0. The highest BCUT2D eigenvalue weighted by Crippen LogP contribution is 2.25. The molecule has 2 aliphatic heterocycles. The number of aliphatic imine (C=N–C) groups is 1. The number of hydrogen-bond acceptors (Lipinski definition) is 3. The number of carbonyl (C=O) groups is 1. The van der Waals surface area contributed by atoms with E-state index in [0.29, 0.717) is 12.5 Å². The van der Waals surface area contributed by atoms with Crippen LogP contribution in [0.4, 0.5) is 0 Å². The van der Waals surface area contributed by atoms with Crippen molar-refractivity contribution in [3.8, 4) is 0 Å². The van der Waals surface area contributed by atoms with Gasteiger partial charge in [0.2, 0.25) is 5.91 Å². The third-order valence-corrected chi connectivity index (χ3v) is 7.45. The summed E-state index contributed by atoms with van der Waals surface area (Å²) in [4.78, 5) is 21.8. The monoisotopic (exact) mass is 439 g/mol. The molecule has 2 fully saturated rings. The summed E-state index contributed by atoms with van der Waals surface area (Å²) in [6.07, 6.45) is 11.8. The van der Waals surface area contributed by atoms with E-state index in [0.717, 1.165) is 51.0 Å². The second kappa shape index (κ2) is 11.7. The molecule has 1 saturated heterocycles. The van der Waals surface area contributed by atoms with Crippen molar-refractivity contribution in [3.63, 3.8) is 0 Å². The van der Waals surface area contributed by atoms with Crippen LogP contribution in [0.2, 0.25) is 0 Å². The van der Waals surface area contributed by atoms with Crippen LogP contribution in [-0.2, 0) is 17.8 Å². The second-order valence-electron chi connectivity index (χ2n) is 9.71. The fourth-order valence-electron chi connectivity index (χ4n) is 5.60. The Balaban J connectivity index is 1.15. The number of hydrogen-bond donors (Lipinski definition) is 2. The van der Waals surface area contributed by atoms with Gasteiger partial charge in [0.05, 0.1) is 0 Å². The van der Waals surface area contributed by atoms with Gasteiger partial charge in [-0.3, -0.25) is 14.7 Å². The van der Waals surface area contributed by atoms with E-state index in [9.17, 15) is 4.79 Å². The zero-order chi connectivity index (χ0) is 22.2. The molecule has 176 valence electrons. The maximum absolute atomic E-state index is 12.7. The van der Waals surface area contributed by atoms with Crippen LogP contribution in [0.5, 0.6) is 0 Å². The molecule has 0 radical (unpaired) electrons. The smallest absolute Gasteiger partial charge is 0.222 e. The second-order valence-corrected chi connectivity index (χ2v) is 9.71. The lowest BCUT2D eigenvalue weighted by Gasteiger charge is -2.40. The minimum absolute atomic E-state index is 0.264. The van der Waals surface area contributed by atoms with Crippen molar-refractivity contribution in [2.75, 3.05) is 33.2 Å². The van der Waals surface area contributed by atoms with E-state index in [-0.39, 0.29) is 5.91 Å². The maximum atomic E-state index is 12.7. The molecule has 1 unspecified atom stereocenters. The molecule has 1 amide bonds. The van der Waals surface area contributed by atoms with E-state index < -0.39 is 0 Å². The molecule has 1 aliphatic carbocycles. The van der Waals surface area contributed by atoms with Gasteiger partial charge in [0.1, 0.15) is 0 Å². The number of nitrogens with zero attached hydrogens (tertiary/aromatic N) is 3. The molecule has 0 bridgehead atoms. The Bertz CT molecular complexity index is 773. The third kappa shape index (κ3) is 6.25. The summed E-state index contributed by atoms with van der Waals surface area (Å²) in [6.45, 7) is 4.74. The summed E-state index contributed by atoms with van der Waals surface area (Å²) >= 11 is 0. The van der Waals surface area contributed by atoms with Gasteiger partial charge in [-0.05, 0) is 56.2 Å². The normalized spacial score (nSPS) is 23.0. The minimum Gasteiger partial charge on any atom is -0.356 e. The van der Waals surface area contributed by atoms with Crippen LogP contribution < -0.4 is 10.6 Å². The first kappa shape index (κ1) is 23.1. The molecule has 32 heavy (non-hydrogen) atoms. The van der Waals surface area contributed by atoms with Crippen molar-refractivity contribution in [1.29, 1.82) is 0 Å². The van der Waals surface area contributed by atoms with Gasteiger partial charge < -0.3 is 15.5 Å². The first-order valence-electron chi connectivity index (χ1n) is 12.8. The molecule has 6 heteroatoms. The Morgan fingerprint density at radius 2 is 1.88 bits per heavy atom. The van der Waals surface area contributed by atoms with E-state index in [2.05, 4.69) is 44.8 Å². The number of likely N-dealkylation sites (tertiary alicyclic amines) is 1. The van der Waals surface area contributed by atoms with Crippen LogP contribution in [0.15, 0.2) is 29.3 Å². The van der Waals surface area contributed by atoms with E-state index in [1.807, 2.05) is 11.9 Å². The minimum atomic E-state index is 0.264. The Morgan fingerprint density at radius 1 is 1.06 bits per heavy atom. The van der Waals surface area contributed by atoms with Crippen LogP contribution in [0, 0.1) is 0 Å². The van der Waals surface area contributed by atoms with Gasteiger partial charge in [0.15, 0.2) is 5.96 Å². The number of rotatable bonds is 6. The van der Waals surface area contributed by atoms with Crippen molar-refractivity contribution in [3.05, 3.63) is 35.4 Å².